The van der Waals surface area contributed by atoms with E-state index in [1.54, 1.807) is 0 Å². The molecular formula is C72H47BN4. The van der Waals surface area contributed by atoms with Gasteiger partial charge in [0.05, 0.1) is 22.2 Å². The predicted molar refractivity (Wildman–Crippen MR) is 326 cm³/mol. The first kappa shape index (κ1) is 43.3. The van der Waals surface area contributed by atoms with Crippen molar-refractivity contribution in [3.05, 3.63) is 285 Å². The van der Waals surface area contributed by atoms with Crippen LogP contribution in [0.5, 0.6) is 0 Å². The van der Waals surface area contributed by atoms with Gasteiger partial charge < -0.3 is 19.1 Å². The van der Waals surface area contributed by atoms with Gasteiger partial charge in [0.15, 0.2) is 0 Å². The number of hydrogen-bond acceptors (Lipinski definition) is 3. The molecule has 358 valence electrons. The molecule has 77 heavy (non-hydrogen) atoms. The lowest BCUT2D eigenvalue weighted by Crippen LogP contribution is -2.61. The summed E-state index contributed by atoms with van der Waals surface area (Å²) in [6.07, 6.45) is 0. The first-order valence-corrected chi connectivity index (χ1v) is 26.6. The lowest BCUT2D eigenvalue weighted by atomic mass is 9.33. The first-order chi connectivity index (χ1) is 38.2. The van der Waals surface area contributed by atoms with Gasteiger partial charge in [0.1, 0.15) is 0 Å². The number of rotatable bonds is 8. The minimum absolute atomic E-state index is 0.134. The summed E-state index contributed by atoms with van der Waals surface area (Å²) < 4.78 is 2.53. The van der Waals surface area contributed by atoms with Crippen LogP contribution in [-0.4, -0.2) is 11.1 Å². The van der Waals surface area contributed by atoms with Gasteiger partial charge in [-0.15, -0.1) is 0 Å². The smallest absolute Gasteiger partial charge is 0.252 e. The number of benzene rings is 12. The fourth-order valence-electron chi connectivity index (χ4n) is 12.9. The summed E-state index contributed by atoms with van der Waals surface area (Å²) in [6.45, 7) is -0.134. The number of hydrogen-bond donors (Lipinski definition) is 0. The molecule has 0 radical (unpaired) electrons. The molecule has 0 aliphatic carbocycles. The molecule has 16 rings (SSSR count). The zero-order chi connectivity index (χ0) is 50.6. The third-order valence-electron chi connectivity index (χ3n) is 16.3. The maximum atomic E-state index is 2.58. The van der Waals surface area contributed by atoms with Crippen molar-refractivity contribution < 1.29 is 0 Å². The molecule has 0 atom stereocenters. The summed E-state index contributed by atoms with van der Waals surface area (Å²) >= 11 is 0. The van der Waals surface area contributed by atoms with E-state index in [9.17, 15) is 0 Å². The van der Waals surface area contributed by atoms with Crippen LogP contribution in [0.4, 0.5) is 51.2 Å². The van der Waals surface area contributed by atoms with Gasteiger partial charge in [-0.05, 0) is 129 Å². The van der Waals surface area contributed by atoms with E-state index in [4.69, 9.17) is 0 Å². The van der Waals surface area contributed by atoms with Crippen molar-refractivity contribution in [3.8, 4) is 33.4 Å². The lowest BCUT2D eigenvalue weighted by Gasteiger charge is -2.45. The van der Waals surface area contributed by atoms with Crippen LogP contribution in [0.25, 0.3) is 71.5 Å². The molecule has 0 saturated carbocycles. The Balaban J connectivity index is 1.04. The second-order valence-corrected chi connectivity index (χ2v) is 20.5. The highest BCUT2D eigenvalue weighted by Gasteiger charge is 2.45. The van der Waals surface area contributed by atoms with E-state index in [0.717, 1.165) is 45.5 Å². The highest BCUT2D eigenvalue weighted by atomic mass is 15.2. The summed E-state index contributed by atoms with van der Waals surface area (Å²) in [7, 11) is 0. The number of anilines is 9. The molecule has 2 aromatic heterocycles. The molecule has 5 heteroatoms. The molecule has 14 aromatic rings. The van der Waals surface area contributed by atoms with Gasteiger partial charge in [0.25, 0.3) is 6.71 Å². The van der Waals surface area contributed by atoms with E-state index in [1.807, 2.05) is 0 Å². The molecule has 2 aliphatic heterocycles. The molecule has 0 N–H and O–H groups in total. The Morgan fingerprint density at radius 1 is 0.273 bits per heavy atom. The van der Waals surface area contributed by atoms with Gasteiger partial charge in [-0.2, -0.15) is 0 Å². The van der Waals surface area contributed by atoms with Gasteiger partial charge in [0, 0.05) is 67.0 Å². The van der Waals surface area contributed by atoms with E-state index < -0.39 is 0 Å². The largest absolute Gasteiger partial charge is 0.311 e. The second-order valence-electron chi connectivity index (χ2n) is 20.5. The van der Waals surface area contributed by atoms with Crippen LogP contribution >= 0.6 is 0 Å². The van der Waals surface area contributed by atoms with Gasteiger partial charge in [-0.1, -0.05) is 206 Å². The fourth-order valence-corrected chi connectivity index (χ4v) is 12.9. The Labute approximate surface area is 447 Å². The van der Waals surface area contributed by atoms with Crippen LogP contribution < -0.4 is 31.1 Å². The molecule has 0 amide bonds. The summed E-state index contributed by atoms with van der Waals surface area (Å²) in [5.41, 5.74) is 24.7. The standard InChI is InChI=1S/C72H47BN4/c1-6-19-48(20-7-1)51-33-38-56(39-34-51)75-66-42-37-53(50-23-10-3-11-24-50)43-63(66)73-64-46-62-61-31-18-30-60-59-29-16-17-32-65(59)77(72(60)61)67(62)47-68(64)76(57-40-35-52(36-41-57)49-21-8-2-9-22-49)70-45-58(44-69(75)71(70)73)74(54-25-12-4-13-26-54)55-27-14-5-15-28-55/h1-47H. The van der Waals surface area contributed by atoms with Crippen molar-refractivity contribution in [2.24, 2.45) is 0 Å². The van der Waals surface area contributed by atoms with Crippen LogP contribution in [0.3, 0.4) is 0 Å². The molecule has 0 unspecified atom stereocenters. The maximum absolute atomic E-state index is 2.58. The quantitative estimate of drug-likeness (QED) is 0.141. The second kappa shape index (κ2) is 17.2. The molecule has 4 heterocycles. The summed E-state index contributed by atoms with van der Waals surface area (Å²) in [5.74, 6) is 0. The third kappa shape index (κ3) is 6.74. The van der Waals surface area contributed by atoms with Gasteiger partial charge in [-0.25, -0.2) is 0 Å². The van der Waals surface area contributed by atoms with Crippen molar-refractivity contribution in [2.45, 2.75) is 0 Å². The highest BCUT2D eigenvalue weighted by Crippen LogP contribution is 2.50. The molecule has 12 aromatic carbocycles. The van der Waals surface area contributed by atoms with Gasteiger partial charge >= 0.3 is 0 Å². The Bertz CT molecular complexity index is 4500. The van der Waals surface area contributed by atoms with E-state index in [1.165, 1.54) is 93.6 Å². The topological polar surface area (TPSA) is 14.1 Å². The summed E-state index contributed by atoms with van der Waals surface area (Å²) in [4.78, 5) is 7.54. The SMILES string of the molecule is c1ccc(-c2ccc(N3c4ccc(-c5ccccc5)cc4B4c5cc6c7cccc8c9ccccc9n(c6cc5N(c5ccc(-c6ccccc6)cc5)c5cc(N(c6ccccc6)c6ccccc6)cc3c54)c87)cc2)cc1. The van der Waals surface area contributed by atoms with Gasteiger partial charge in [0.2, 0.25) is 0 Å². The molecule has 0 saturated heterocycles. The number of aromatic nitrogens is 1. The normalized spacial score (nSPS) is 12.6. The van der Waals surface area contributed by atoms with Crippen LogP contribution in [-0.2, 0) is 0 Å². The minimum Gasteiger partial charge on any atom is -0.311 e. The molecule has 0 spiro atoms. The van der Waals surface area contributed by atoms with Crippen LogP contribution in [0.1, 0.15) is 0 Å². The van der Waals surface area contributed by atoms with E-state index in [-0.39, 0.29) is 6.71 Å². The molecule has 2 aliphatic rings. The number of para-hydroxylation sites is 4. The van der Waals surface area contributed by atoms with Crippen molar-refractivity contribution in [1.82, 2.24) is 4.40 Å². The molecule has 0 fully saturated rings. The van der Waals surface area contributed by atoms with E-state index in [2.05, 4.69) is 304 Å². The zero-order valence-corrected chi connectivity index (χ0v) is 42.0. The van der Waals surface area contributed by atoms with Crippen molar-refractivity contribution in [3.63, 3.8) is 0 Å². The zero-order valence-electron chi connectivity index (χ0n) is 42.0. The highest BCUT2D eigenvalue weighted by molar-refractivity contribution is 7.00. The summed E-state index contributed by atoms with van der Waals surface area (Å²) in [6, 6.07) is 105. The number of fused-ring (bicyclic) bond motifs is 10. The molecule has 0 bridgehead atoms. The van der Waals surface area contributed by atoms with E-state index >= 15 is 0 Å². The van der Waals surface area contributed by atoms with Crippen LogP contribution in [0.15, 0.2) is 285 Å². The van der Waals surface area contributed by atoms with E-state index in [0.29, 0.717) is 0 Å². The van der Waals surface area contributed by atoms with Crippen LogP contribution in [0, 0.1) is 0 Å². The predicted octanol–water partition coefficient (Wildman–Crippen LogP) is 17.4. The lowest BCUT2D eigenvalue weighted by molar-refractivity contribution is 1.23. The Hall–Kier alpha value is -10.1. The fraction of sp³-hybridized carbons (Fsp3) is 0. The Morgan fingerprint density at radius 3 is 1.29 bits per heavy atom. The number of nitrogens with zero attached hydrogens (tertiary/aromatic N) is 4. The third-order valence-corrected chi connectivity index (χ3v) is 16.3. The average Bonchev–Trinajstić information content (AvgIpc) is 4.26. The Morgan fingerprint density at radius 2 is 0.714 bits per heavy atom. The summed E-state index contributed by atoms with van der Waals surface area (Å²) in [5, 5.41) is 5.08. The molecular weight excluding hydrogens is 932 g/mol. The minimum atomic E-state index is -0.134. The van der Waals surface area contributed by atoms with Crippen LogP contribution in [0.2, 0.25) is 0 Å². The van der Waals surface area contributed by atoms with Crippen molar-refractivity contribution >= 4 is 112 Å². The monoisotopic (exact) mass is 978 g/mol. The van der Waals surface area contributed by atoms with Crippen molar-refractivity contribution in [1.29, 1.82) is 0 Å². The first-order valence-electron chi connectivity index (χ1n) is 26.6. The molecule has 4 nitrogen and oxygen atoms in total. The Kier molecular flexibility index (Phi) is 9.70. The van der Waals surface area contributed by atoms with Gasteiger partial charge in [-0.3, -0.25) is 0 Å². The maximum Gasteiger partial charge on any atom is 0.252 e. The van der Waals surface area contributed by atoms with Crippen molar-refractivity contribution in [2.75, 3.05) is 14.7 Å². The average molecular weight is 979 g/mol.